The molecule has 5 nitrogen and oxygen atoms in total. The zero-order valence-electron chi connectivity index (χ0n) is 14.7. The number of para-hydroxylation sites is 1. The zero-order valence-corrected chi connectivity index (χ0v) is 14.7. The summed E-state index contributed by atoms with van der Waals surface area (Å²) in [4.78, 5) is 0. The van der Waals surface area contributed by atoms with E-state index < -0.39 is 0 Å². The normalized spacial score (nSPS) is 10.6. The van der Waals surface area contributed by atoms with Crippen LogP contribution in [-0.2, 0) is 17.9 Å². The number of benzene rings is 2. The molecule has 25 heavy (non-hydrogen) atoms. The van der Waals surface area contributed by atoms with Crippen molar-refractivity contribution in [1.29, 1.82) is 0 Å². The zero-order chi connectivity index (χ0) is 17.7. The smallest absolute Gasteiger partial charge is 0.166 e. The molecule has 136 valence electrons. The number of nitrogens with one attached hydrogen (secondary N) is 1. The molecule has 2 rings (SSSR count). The first kappa shape index (κ1) is 19.2. The van der Waals surface area contributed by atoms with Gasteiger partial charge < -0.3 is 24.6 Å². The van der Waals surface area contributed by atoms with Crippen molar-refractivity contribution in [3.8, 4) is 11.5 Å². The van der Waals surface area contributed by atoms with Crippen molar-refractivity contribution >= 4 is 0 Å². The third kappa shape index (κ3) is 6.74. The second-order valence-electron chi connectivity index (χ2n) is 5.46. The predicted octanol–water partition coefficient (Wildman–Crippen LogP) is 2.76. The van der Waals surface area contributed by atoms with Crippen molar-refractivity contribution < 1.29 is 19.3 Å². The average molecular weight is 345 g/mol. The lowest BCUT2D eigenvalue weighted by atomic mass is 10.1. The number of aliphatic hydroxyl groups excluding tert-OH is 1. The van der Waals surface area contributed by atoms with Gasteiger partial charge in [-0.05, 0) is 18.6 Å². The maximum atomic E-state index is 8.70. The molecule has 5 heteroatoms. The van der Waals surface area contributed by atoms with Gasteiger partial charge in [0.15, 0.2) is 11.5 Å². The van der Waals surface area contributed by atoms with Gasteiger partial charge in [0, 0.05) is 18.7 Å². The number of aliphatic hydroxyl groups is 1. The summed E-state index contributed by atoms with van der Waals surface area (Å²) in [6, 6.07) is 16.0. The lowest BCUT2D eigenvalue weighted by Crippen LogP contribution is -2.20. The Labute approximate surface area is 149 Å². The lowest BCUT2D eigenvalue weighted by molar-refractivity contribution is 0.0937. The van der Waals surface area contributed by atoms with E-state index in [0.717, 1.165) is 22.6 Å². The maximum Gasteiger partial charge on any atom is 0.166 e. The summed E-state index contributed by atoms with van der Waals surface area (Å²) in [5.41, 5.74) is 2.16. The fraction of sp³-hybridized carbons (Fsp3) is 0.400. The highest BCUT2D eigenvalue weighted by Crippen LogP contribution is 2.32. The molecule has 2 aromatic carbocycles. The molecule has 0 radical (unpaired) electrons. The molecule has 0 bridgehead atoms. The third-order valence-corrected chi connectivity index (χ3v) is 3.56. The van der Waals surface area contributed by atoms with Crippen LogP contribution in [-0.4, -0.2) is 38.1 Å². The maximum absolute atomic E-state index is 8.70. The first-order valence-electron chi connectivity index (χ1n) is 8.66. The molecule has 0 amide bonds. The Bertz CT molecular complexity index is 604. The van der Waals surface area contributed by atoms with Crippen molar-refractivity contribution in [3.63, 3.8) is 0 Å². The van der Waals surface area contributed by atoms with Crippen LogP contribution < -0.4 is 14.8 Å². The molecule has 2 aromatic rings. The van der Waals surface area contributed by atoms with Gasteiger partial charge in [-0.2, -0.15) is 0 Å². The van der Waals surface area contributed by atoms with E-state index in [-0.39, 0.29) is 6.61 Å². The third-order valence-electron chi connectivity index (χ3n) is 3.56. The molecular formula is C20H27NO4. The van der Waals surface area contributed by atoms with Gasteiger partial charge in [0.2, 0.25) is 0 Å². The van der Waals surface area contributed by atoms with Gasteiger partial charge in [0.1, 0.15) is 6.61 Å². The van der Waals surface area contributed by atoms with Crippen LogP contribution >= 0.6 is 0 Å². The Hall–Kier alpha value is -2.08. The van der Waals surface area contributed by atoms with Crippen LogP contribution in [0.5, 0.6) is 11.5 Å². The molecule has 0 heterocycles. The first-order chi connectivity index (χ1) is 12.3. The van der Waals surface area contributed by atoms with Crippen LogP contribution in [0.4, 0.5) is 0 Å². The SMILES string of the molecule is CCOc1cccc(CNCCOCCO)c1OCc1ccccc1. The van der Waals surface area contributed by atoms with Crippen LogP contribution in [0.2, 0.25) is 0 Å². The molecule has 0 spiro atoms. The summed E-state index contributed by atoms with van der Waals surface area (Å²) in [6.45, 7) is 5.40. The molecule has 0 aliphatic heterocycles. The van der Waals surface area contributed by atoms with E-state index >= 15 is 0 Å². The van der Waals surface area contributed by atoms with Crippen molar-refractivity contribution in [1.82, 2.24) is 5.32 Å². The molecule has 0 saturated heterocycles. The van der Waals surface area contributed by atoms with E-state index in [1.807, 2.05) is 55.5 Å². The Morgan fingerprint density at radius 1 is 0.960 bits per heavy atom. The van der Waals surface area contributed by atoms with Crippen LogP contribution in [0.1, 0.15) is 18.1 Å². The van der Waals surface area contributed by atoms with Crippen molar-refractivity contribution in [2.24, 2.45) is 0 Å². The monoisotopic (exact) mass is 345 g/mol. The first-order valence-corrected chi connectivity index (χ1v) is 8.66. The van der Waals surface area contributed by atoms with E-state index in [4.69, 9.17) is 19.3 Å². The fourth-order valence-corrected chi connectivity index (χ4v) is 2.40. The largest absolute Gasteiger partial charge is 0.490 e. The molecule has 0 saturated carbocycles. The Morgan fingerprint density at radius 3 is 2.56 bits per heavy atom. The minimum atomic E-state index is 0.0495. The predicted molar refractivity (Wildman–Crippen MR) is 98.0 cm³/mol. The van der Waals surface area contributed by atoms with Gasteiger partial charge >= 0.3 is 0 Å². The van der Waals surface area contributed by atoms with Crippen LogP contribution in [0.25, 0.3) is 0 Å². The Morgan fingerprint density at radius 2 is 1.80 bits per heavy atom. The highest BCUT2D eigenvalue weighted by molar-refractivity contribution is 5.46. The number of ether oxygens (including phenoxy) is 3. The summed E-state index contributed by atoms with van der Waals surface area (Å²) in [7, 11) is 0. The average Bonchev–Trinajstić information content (AvgIpc) is 2.65. The van der Waals surface area contributed by atoms with E-state index in [1.165, 1.54) is 0 Å². The minimum Gasteiger partial charge on any atom is -0.490 e. The number of hydrogen-bond donors (Lipinski definition) is 2. The standard InChI is InChI=1S/C20H27NO4/c1-2-24-19-10-6-9-18(15-21-11-13-23-14-12-22)20(19)25-16-17-7-4-3-5-8-17/h3-10,21-22H,2,11-16H2,1H3. The lowest BCUT2D eigenvalue weighted by Gasteiger charge is -2.16. The summed E-state index contributed by atoms with van der Waals surface area (Å²) in [6.07, 6.45) is 0. The number of rotatable bonds is 12. The van der Waals surface area contributed by atoms with Gasteiger partial charge in [-0.3, -0.25) is 0 Å². The molecule has 0 unspecified atom stereocenters. The topological polar surface area (TPSA) is 60.0 Å². The van der Waals surface area contributed by atoms with E-state index in [0.29, 0.717) is 39.5 Å². The van der Waals surface area contributed by atoms with Gasteiger partial charge in [0.25, 0.3) is 0 Å². The van der Waals surface area contributed by atoms with Crippen LogP contribution in [0.15, 0.2) is 48.5 Å². The summed E-state index contributed by atoms with van der Waals surface area (Å²) in [5.74, 6) is 1.53. The molecule has 0 aliphatic carbocycles. The summed E-state index contributed by atoms with van der Waals surface area (Å²) >= 11 is 0. The summed E-state index contributed by atoms with van der Waals surface area (Å²) in [5, 5.41) is 12.0. The molecule has 0 fully saturated rings. The van der Waals surface area contributed by atoms with E-state index in [1.54, 1.807) is 0 Å². The quantitative estimate of drug-likeness (QED) is 0.579. The Kier molecular flexibility index (Phi) is 8.83. The highest BCUT2D eigenvalue weighted by atomic mass is 16.5. The number of hydrogen-bond acceptors (Lipinski definition) is 5. The van der Waals surface area contributed by atoms with Gasteiger partial charge in [-0.1, -0.05) is 42.5 Å². The van der Waals surface area contributed by atoms with Crippen LogP contribution in [0.3, 0.4) is 0 Å². The van der Waals surface area contributed by atoms with E-state index in [2.05, 4.69) is 5.32 Å². The van der Waals surface area contributed by atoms with Crippen molar-refractivity contribution in [3.05, 3.63) is 59.7 Å². The summed E-state index contributed by atoms with van der Waals surface area (Å²) < 4.78 is 17.0. The molecule has 2 N–H and O–H groups in total. The van der Waals surface area contributed by atoms with E-state index in [9.17, 15) is 0 Å². The van der Waals surface area contributed by atoms with Gasteiger partial charge in [-0.15, -0.1) is 0 Å². The van der Waals surface area contributed by atoms with Gasteiger partial charge in [0.05, 0.1) is 26.4 Å². The fourth-order valence-electron chi connectivity index (χ4n) is 2.40. The van der Waals surface area contributed by atoms with Crippen molar-refractivity contribution in [2.75, 3.05) is 33.0 Å². The second kappa shape index (κ2) is 11.5. The minimum absolute atomic E-state index is 0.0495. The van der Waals surface area contributed by atoms with Gasteiger partial charge in [-0.25, -0.2) is 0 Å². The molecule has 0 aromatic heterocycles. The highest BCUT2D eigenvalue weighted by Gasteiger charge is 2.11. The molecule has 0 aliphatic rings. The molecule has 0 atom stereocenters. The van der Waals surface area contributed by atoms with Crippen molar-refractivity contribution in [2.45, 2.75) is 20.1 Å². The molecular weight excluding hydrogens is 318 g/mol. The van der Waals surface area contributed by atoms with Crippen LogP contribution in [0, 0.1) is 0 Å². The second-order valence-corrected chi connectivity index (χ2v) is 5.46. The Balaban J connectivity index is 1.98.